The standard InChI is InChI=1S/C15H29N7O6/c1-7(16)12(26)22-11(8(2)23)14(28)21-9(4-3-5-19-15(17)18)13(27)20-6-10(24)25/h7-9,11,23H,3-6,16H2,1-2H3,(H,20,27)(H,21,28)(H,22,26)(H,24,25)(H4,17,18,19). The van der Waals surface area contributed by atoms with Crippen LogP contribution in [0.25, 0.3) is 0 Å². The van der Waals surface area contributed by atoms with Crippen molar-refractivity contribution >= 4 is 29.7 Å². The molecule has 160 valence electrons. The highest BCUT2D eigenvalue weighted by Gasteiger charge is 2.30. The van der Waals surface area contributed by atoms with Crippen LogP contribution in [-0.4, -0.2) is 77.2 Å². The summed E-state index contributed by atoms with van der Waals surface area (Å²) >= 11 is 0. The lowest BCUT2D eigenvalue weighted by Gasteiger charge is -2.25. The van der Waals surface area contributed by atoms with E-state index in [4.69, 9.17) is 22.3 Å². The Hall–Kier alpha value is -2.93. The van der Waals surface area contributed by atoms with Crippen LogP contribution in [0.3, 0.4) is 0 Å². The smallest absolute Gasteiger partial charge is 0.322 e. The van der Waals surface area contributed by atoms with Crippen LogP contribution < -0.4 is 33.2 Å². The number of hydrogen-bond acceptors (Lipinski definition) is 7. The highest BCUT2D eigenvalue weighted by molar-refractivity contribution is 5.93. The van der Waals surface area contributed by atoms with Crippen molar-refractivity contribution in [3.05, 3.63) is 0 Å². The van der Waals surface area contributed by atoms with Crippen LogP contribution in [-0.2, 0) is 19.2 Å². The van der Waals surface area contributed by atoms with E-state index in [-0.39, 0.29) is 18.9 Å². The maximum Gasteiger partial charge on any atom is 0.322 e. The summed E-state index contributed by atoms with van der Waals surface area (Å²) in [5.74, 6) is -3.64. The zero-order valence-corrected chi connectivity index (χ0v) is 15.8. The maximum absolute atomic E-state index is 12.4. The fourth-order valence-electron chi connectivity index (χ4n) is 2.01. The first-order valence-corrected chi connectivity index (χ1v) is 8.55. The Bertz CT molecular complexity index is 589. The van der Waals surface area contributed by atoms with Gasteiger partial charge in [0, 0.05) is 6.54 Å². The summed E-state index contributed by atoms with van der Waals surface area (Å²) in [6, 6.07) is -3.40. The van der Waals surface area contributed by atoms with E-state index in [1.54, 1.807) is 0 Å². The fourth-order valence-corrected chi connectivity index (χ4v) is 2.01. The van der Waals surface area contributed by atoms with Gasteiger partial charge in [0.15, 0.2) is 5.96 Å². The molecule has 4 atom stereocenters. The molecule has 0 radical (unpaired) electrons. The summed E-state index contributed by atoms with van der Waals surface area (Å²) in [6.07, 6.45) is -0.886. The monoisotopic (exact) mass is 403 g/mol. The second-order valence-corrected chi connectivity index (χ2v) is 6.14. The number of amides is 3. The van der Waals surface area contributed by atoms with Crippen molar-refractivity contribution in [2.75, 3.05) is 13.1 Å². The molecule has 11 N–H and O–H groups in total. The predicted octanol–water partition coefficient (Wildman–Crippen LogP) is -4.06. The Morgan fingerprint density at radius 1 is 1.04 bits per heavy atom. The van der Waals surface area contributed by atoms with Crippen molar-refractivity contribution in [3.8, 4) is 0 Å². The van der Waals surface area contributed by atoms with Gasteiger partial charge < -0.3 is 43.4 Å². The topological polar surface area (TPSA) is 235 Å². The third-order valence-electron chi connectivity index (χ3n) is 3.47. The predicted molar refractivity (Wildman–Crippen MR) is 99.7 cm³/mol. The van der Waals surface area contributed by atoms with Gasteiger partial charge in [0.25, 0.3) is 0 Å². The minimum atomic E-state index is -1.36. The van der Waals surface area contributed by atoms with E-state index in [0.717, 1.165) is 0 Å². The van der Waals surface area contributed by atoms with Crippen molar-refractivity contribution < 1.29 is 29.4 Å². The quantitative estimate of drug-likeness (QED) is 0.0897. The van der Waals surface area contributed by atoms with Crippen LogP contribution >= 0.6 is 0 Å². The summed E-state index contributed by atoms with van der Waals surface area (Å²) in [7, 11) is 0. The number of rotatable bonds is 12. The van der Waals surface area contributed by atoms with E-state index < -0.39 is 54.5 Å². The normalized spacial score (nSPS) is 14.7. The zero-order valence-electron chi connectivity index (χ0n) is 15.8. The number of aliphatic imine (C=N–C) groups is 1. The Labute approximate surface area is 162 Å². The number of aliphatic hydroxyl groups excluding tert-OH is 1. The van der Waals surface area contributed by atoms with Gasteiger partial charge in [-0.1, -0.05) is 0 Å². The van der Waals surface area contributed by atoms with Gasteiger partial charge in [-0.15, -0.1) is 0 Å². The second-order valence-electron chi connectivity index (χ2n) is 6.14. The highest BCUT2D eigenvalue weighted by Crippen LogP contribution is 2.02. The summed E-state index contributed by atoms with van der Waals surface area (Å²) in [6.45, 7) is 2.23. The van der Waals surface area contributed by atoms with Gasteiger partial charge in [-0.2, -0.15) is 0 Å². The van der Waals surface area contributed by atoms with Crippen molar-refractivity contribution in [2.24, 2.45) is 22.2 Å². The fraction of sp³-hybridized carbons (Fsp3) is 0.667. The molecule has 0 aromatic heterocycles. The molecule has 4 unspecified atom stereocenters. The molecular formula is C15H29N7O6. The van der Waals surface area contributed by atoms with Gasteiger partial charge in [0.05, 0.1) is 12.1 Å². The van der Waals surface area contributed by atoms with Gasteiger partial charge >= 0.3 is 5.97 Å². The molecule has 0 aliphatic carbocycles. The SMILES string of the molecule is CC(N)C(=O)NC(C(=O)NC(CCCN=C(N)N)C(=O)NCC(=O)O)C(C)O. The molecule has 13 nitrogen and oxygen atoms in total. The van der Waals surface area contributed by atoms with Crippen LogP contribution in [0.1, 0.15) is 26.7 Å². The van der Waals surface area contributed by atoms with E-state index in [9.17, 15) is 24.3 Å². The number of carbonyl (C=O) groups excluding carboxylic acids is 3. The number of aliphatic hydroxyl groups is 1. The first-order chi connectivity index (χ1) is 13.0. The van der Waals surface area contributed by atoms with Gasteiger partial charge in [0.1, 0.15) is 18.6 Å². The molecule has 0 aromatic rings. The first-order valence-electron chi connectivity index (χ1n) is 8.55. The Morgan fingerprint density at radius 2 is 1.64 bits per heavy atom. The van der Waals surface area contributed by atoms with Gasteiger partial charge in [-0.05, 0) is 26.7 Å². The van der Waals surface area contributed by atoms with Crippen molar-refractivity contribution in [1.29, 1.82) is 0 Å². The minimum absolute atomic E-state index is 0.0851. The summed E-state index contributed by atoms with van der Waals surface area (Å²) in [5.41, 5.74) is 15.8. The Kier molecular flexibility index (Phi) is 11.2. The van der Waals surface area contributed by atoms with Crippen molar-refractivity contribution in [3.63, 3.8) is 0 Å². The molecule has 13 heteroatoms. The van der Waals surface area contributed by atoms with E-state index >= 15 is 0 Å². The molecule has 0 bridgehead atoms. The average molecular weight is 403 g/mol. The lowest BCUT2D eigenvalue weighted by atomic mass is 10.1. The van der Waals surface area contributed by atoms with E-state index in [0.29, 0.717) is 6.42 Å². The van der Waals surface area contributed by atoms with Gasteiger partial charge in [0.2, 0.25) is 17.7 Å². The molecule has 0 heterocycles. The number of nitrogens with zero attached hydrogens (tertiary/aromatic N) is 1. The number of carboxylic acid groups (broad SMARTS) is 1. The summed E-state index contributed by atoms with van der Waals surface area (Å²) in [4.78, 5) is 50.7. The third-order valence-corrected chi connectivity index (χ3v) is 3.47. The largest absolute Gasteiger partial charge is 0.480 e. The third kappa shape index (κ3) is 10.3. The molecule has 0 aliphatic heterocycles. The van der Waals surface area contributed by atoms with Crippen molar-refractivity contribution in [2.45, 2.75) is 50.9 Å². The highest BCUT2D eigenvalue weighted by atomic mass is 16.4. The molecule has 28 heavy (non-hydrogen) atoms. The average Bonchev–Trinajstić information content (AvgIpc) is 2.58. The molecular weight excluding hydrogens is 374 g/mol. The number of nitrogens with one attached hydrogen (secondary N) is 3. The van der Waals surface area contributed by atoms with Crippen LogP contribution in [0.2, 0.25) is 0 Å². The number of hydrogen-bond donors (Lipinski definition) is 8. The van der Waals surface area contributed by atoms with Gasteiger partial charge in [-0.3, -0.25) is 24.2 Å². The number of carbonyl (C=O) groups is 4. The van der Waals surface area contributed by atoms with Crippen LogP contribution in [0.5, 0.6) is 0 Å². The maximum atomic E-state index is 12.4. The van der Waals surface area contributed by atoms with Crippen LogP contribution in [0, 0.1) is 0 Å². The van der Waals surface area contributed by atoms with Crippen molar-refractivity contribution in [1.82, 2.24) is 16.0 Å². The lowest BCUT2D eigenvalue weighted by molar-refractivity contribution is -0.138. The number of guanidine groups is 1. The zero-order chi connectivity index (χ0) is 21.9. The second kappa shape index (κ2) is 12.5. The molecule has 0 aliphatic rings. The van der Waals surface area contributed by atoms with Crippen LogP contribution in [0.15, 0.2) is 4.99 Å². The molecule has 0 saturated carbocycles. The minimum Gasteiger partial charge on any atom is -0.480 e. The Morgan fingerprint density at radius 3 is 2.11 bits per heavy atom. The molecule has 0 fully saturated rings. The Balaban J connectivity index is 5.14. The first kappa shape index (κ1) is 25.1. The van der Waals surface area contributed by atoms with Gasteiger partial charge in [-0.25, -0.2) is 0 Å². The molecule has 0 rings (SSSR count). The van der Waals surface area contributed by atoms with Crippen LogP contribution in [0.4, 0.5) is 0 Å². The number of carboxylic acids is 1. The van der Waals surface area contributed by atoms with E-state index in [2.05, 4.69) is 20.9 Å². The number of nitrogens with two attached hydrogens (primary N) is 3. The molecule has 3 amide bonds. The number of aliphatic carboxylic acids is 1. The summed E-state index contributed by atoms with van der Waals surface area (Å²) < 4.78 is 0. The van der Waals surface area contributed by atoms with E-state index in [1.807, 2.05) is 0 Å². The summed E-state index contributed by atoms with van der Waals surface area (Å²) in [5, 5.41) is 25.3. The molecule has 0 saturated heterocycles. The van der Waals surface area contributed by atoms with E-state index in [1.165, 1.54) is 13.8 Å². The molecule has 0 spiro atoms. The lowest BCUT2D eigenvalue weighted by Crippen LogP contribution is -2.58. The molecule has 0 aromatic carbocycles.